The van der Waals surface area contributed by atoms with Gasteiger partial charge in [0.2, 0.25) is 5.91 Å². The molecule has 3 rings (SSSR count). The van der Waals surface area contributed by atoms with Crippen LogP contribution in [0.2, 0.25) is 0 Å². The maximum absolute atomic E-state index is 12.1. The predicted molar refractivity (Wildman–Crippen MR) is 88.6 cm³/mol. The zero-order valence-corrected chi connectivity index (χ0v) is 14.1. The standard InChI is InChI=1S/C17H26N4O2/c1-13-18-15(10-16(19-13)20-7-3-4-8-20)14-6-5-9-21(11-14)17(22)12-23-2/h10,14H,3-9,11-12H2,1-2H3/t14-/m0/s1. The number of hydrogen-bond donors (Lipinski definition) is 0. The lowest BCUT2D eigenvalue weighted by Crippen LogP contribution is -2.41. The third kappa shape index (κ3) is 3.80. The van der Waals surface area contributed by atoms with E-state index in [0.29, 0.717) is 5.92 Å². The molecule has 1 atom stereocenters. The average molecular weight is 318 g/mol. The van der Waals surface area contributed by atoms with E-state index >= 15 is 0 Å². The molecule has 1 aromatic rings. The Morgan fingerprint density at radius 2 is 2.04 bits per heavy atom. The van der Waals surface area contributed by atoms with Crippen LogP contribution in [-0.4, -0.2) is 60.7 Å². The molecule has 3 heterocycles. The van der Waals surface area contributed by atoms with Crippen molar-refractivity contribution < 1.29 is 9.53 Å². The van der Waals surface area contributed by atoms with Crippen molar-refractivity contribution in [3.63, 3.8) is 0 Å². The molecule has 2 saturated heterocycles. The molecule has 1 aromatic heterocycles. The molecule has 0 aliphatic carbocycles. The summed E-state index contributed by atoms with van der Waals surface area (Å²) >= 11 is 0. The molecule has 0 aromatic carbocycles. The Bertz CT molecular complexity index is 558. The summed E-state index contributed by atoms with van der Waals surface area (Å²) in [5.41, 5.74) is 1.08. The van der Waals surface area contributed by atoms with Crippen LogP contribution in [0.1, 0.15) is 43.1 Å². The number of hydrogen-bond acceptors (Lipinski definition) is 5. The summed E-state index contributed by atoms with van der Waals surface area (Å²) in [4.78, 5) is 25.6. The van der Waals surface area contributed by atoms with Crippen LogP contribution in [0, 0.1) is 6.92 Å². The number of methoxy groups -OCH3 is 1. The molecule has 0 radical (unpaired) electrons. The first kappa shape index (κ1) is 16.2. The van der Waals surface area contributed by atoms with Crippen molar-refractivity contribution in [1.29, 1.82) is 0 Å². The van der Waals surface area contributed by atoms with Gasteiger partial charge in [-0.25, -0.2) is 9.97 Å². The number of rotatable bonds is 4. The number of aryl methyl sites for hydroxylation is 1. The molecule has 6 nitrogen and oxygen atoms in total. The molecule has 2 aliphatic heterocycles. The lowest BCUT2D eigenvalue weighted by molar-refractivity contribution is -0.136. The van der Waals surface area contributed by atoms with Crippen LogP contribution in [0.15, 0.2) is 6.07 Å². The van der Waals surface area contributed by atoms with Crippen LogP contribution < -0.4 is 4.90 Å². The number of piperidine rings is 1. The van der Waals surface area contributed by atoms with Gasteiger partial charge in [0, 0.05) is 45.3 Å². The highest BCUT2D eigenvalue weighted by Gasteiger charge is 2.26. The van der Waals surface area contributed by atoms with E-state index in [1.807, 2.05) is 11.8 Å². The summed E-state index contributed by atoms with van der Waals surface area (Å²) in [6.45, 7) is 5.84. The second-order valence-electron chi connectivity index (χ2n) is 6.50. The molecule has 0 bridgehead atoms. The van der Waals surface area contributed by atoms with E-state index in [9.17, 15) is 4.79 Å². The third-order valence-electron chi connectivity index (χ3n) is 4.73. The molecular formula is C17H26N4O2. The Morgan fingerprint density at radius 3 is 2.78 bits per heavy atom. The first-order valence-electron chi connectivity index (χ1n) is 8.54. The fourth-order valence-corrected chi connectivity index (χ4v) is 3.55. The Hall–Kier alpha value is -1.69. The van der Waals surface area contributed by atoms with Gasteiger partial charge in [-0.15, -0.1) is 0 Å². The van der Waals surface area contributed by atoms with E-state index < -0.39 is 0 Å². The summed E-state index contributed by atoms with van der Waals surface area (Å²) < 4.78 is 4.98. The fourth-order valence-electron chi connectivity index (χ4n) is 3.55. The molecule has 0 spiro atoms. The van der Waals surface area contributed by atoms with Crippen molar-refractivity contribution in [3.8, 4) is 0 Å². The van der Waals surface area contributed by atoms with Crippen LogP contribution >= 0.6 is 0 Å². The Kier molecular flexibility index (Phi) is 5.10. The summed E-state index contributed by atoms with van der Waals surface area (Å²) in [6, 6.07) is 2.13. The number of nitrogens with zero attached hydrogens (tertiary/aromatic N) is 4. The summed E-state index contributed by atoms with van der Waals surface area (Å²) in [5.74, 6) is 2.24. The van der Waals surface area contributed by atoms with Gasteiger partial charge < -0.3 is 14.5 Å². The van der Waals surface area contributed by atoms with E-state index in [2.05, 4.69) is 20.9 Å². The van der Waals surface area contributed by atoms with Crippen molar-refractivity contribution >= 4 is 11.7 Å². The second kappa shape index (κ2) is 7.25. The van der Waals surface area contributed by atoms with E-state index in [0.717, 1.165) is 56.4 Å². The minimum absolute atomic E-state index is 0.0720. The second-order valence-corrected chi connectivity index (χ2v) is 6.50. The summed E-state index contributed by atoms with van der Waals surface area (Å²) in [7, 11) is 1.56. The largest absolute Gasteiger partial charge is 0.375 e. The van der Waals surface area contributed by atoms with Crippen molar-refractivity contribution in [2.45, 2.75) is 38.5 Å². The monoisotopic (exact) mass is 318 g/mol. The van der Waals surface area contributed by atoms with Crippen molar-refractivity contribution in [3.05, 3.63) is 17.6 Å². The van der Waals surface area contributed by atoms with E-state index in [-0.39, 0.29) is 12.5 Å². The van der Waals surface area contributed by atoms with Crippen LogP contribution in [-0.2, 0) is 9.53 Å². The van der Waals surface area contributed by atoms with Crippen molar-refractivity contribution in [2.75, 3.05) is 44.8 Å². The maximum Gasteiger partial charge on any atom is 0.248 e. The highest BCUT2D eigenvalue weighted by molar-refractivity contribution is 5.77. The number of carbonyl (C=O) groups is 1. The Balaban J connectivity index is 1.76. The zero-order chi connectivity index (χ0) is 16.2. The minimum Gasteiger partial charge on any atom is -0.375 e. The number of ether oxygens (including phenoxy) is 1. The van der Waals surface area contributed by atoms with Gasteiger partial charge in [0.15, 0.2) is 0 Å². The molecule has 2 aliphatic rings. The Morgan fingerprint density at radius 1 is 1.26 bits per heavy atom. The van der Waals surface area contributed by atoms with Crippen LogP contribution in [0.4, 0.5) is 5.82 Å². The van der Waals surface area contributed by atoms with Gasteiger partial charge in [0.05, 0.1) is 5.69 Å². The smallest absolute Gasteiger partial charge is 0.248 e. The molecule has 1 amide bonds. The van der Waals surface area contributed by atoms with Crippen LogP contribution in [0.3, 0.4) is 0 Å². The summed E-state index contributed by atoms with van der Waals surface area (Å²) in [5, 5.41) is 0. The number of aromatic nitrogens is 2. The molecule has 6 heteroatoms. The number of carbonyl (C=O) groups excluding carboxylic acids is 1. The maximum atomic E-state index is 12.1. The van der Waals surface area contributed by atoms with Crippen molar-refractivity contribution in [2.24, 2.45) is 0 Å². The molecular weight excluding hydrogens is 292 g/mol. The van der Waals surface area contributed by atoms with Gasteiger partial charge >= 0.3 is 0 Å². The molecule has 0 unspecified atom stereocenters. The quantitative estimate of drug-likeness (QED) is 0.846. The number of amides is 1. The molecule has 126 valence electrons. The lowest BCUT2D eigenvalue weighted by atomic mass is 9.94. The van der Waals surface area contributed by atoms with Gasteiger partial charge in [-0.1, -0.05) is 0 Å². The van der Waals surface area contributed by atoms with Gasteiger partial charge in [-0.05, 0) is 32.6 Å². The van der Waals surface area contributed by atoms with Gasteiger partial charge in [-0.3, -0.25) is 4.79 Å². The first-order valence-corrected chi connectivity index (χ1v) is 8.54. The fraction of sp³-hybridized carbons (Fsp3) is 0.706. The SMILES string of the molecule is COCC(=O)N1CCC[C@H](c2cc(N3CCCC3)nc(C)n2)C1. The number of likely N-dealkylation sites (tertiary alicyclic amines) is 1. The number of anilines is 1. The van der Waals surface area contributed by atoms with Gasteiger partial charge in [0.25, 0.3) is 0 Å². The van der Waals surface area contributed by atoms with E-state index in [4.69, 9.17) is 4.74 Å². The van der Waals surface area contributed by atoms with Crippen LogP contribution in [0.25, 0.3) is 0 Å². The van der Waals surface area contributed by atoms with E-state index in [1.165, 1.54) is 12.8 Å². The average Bonchev–Trinajstić information content (AvgIpc) is 3.09. The molecule has 0 N–H and O–H groups in total. The predicted octanol–water partition coefficient (Wildman–Crippen LogP) is 1.74. The normalized spacial score (nSPS) is 21.7. The highest BCUT2D eigenvalue weighted by atomic mass is 16.5. The van der Waals surface area contributed by atoms with Crippen molar-refractivity contribution in [1.82, 2.24) is 14.9 Å². The van der Waals surface area contributed by atoms with Crippen LogP contribution in [0.5, 0.6) is 0 Å². The highest BCUT2D eigenvalue weighted by Crippen LogP contribution is 2.28. The lowest BCUT2D eigenvalue weighted by Gasteiger charge is -2.32. The minimum atomic E-state index is 0.0720. The van der Waals surface area contributed by atoms with Gasteiger partial charge in [-0.2, -0.15) is 0 Å². The molecule has 23 heavy (non-hydrogen) atoms. The van der Waals surface area contributed by atoms with E-state index in [1.54, 1.807) is 7.11 Å². The first-order chi connectivity index (χ1) is 11.2. The van der Waals surface area contributed by atoms with Gasteiger partial charge in [0.1, 0.15) is 18.2 Å². The third-order valence-corrected chi connectivity index (χ3v) is 4.73. The zero-order valence-electron chi connectivity index (χ0n) is 14.1. The summed E-state index contributed by atoms with van der Waals surface area (Å²) in [6.07, 6.45) is 4.57. The molecule has 2 fully saturated rings. The molecule has 0 saturated carbocycles. The topological polar surface area (TPSA) is 58.6 Å². The Labute approximate surface area is 137 Å².